The second-order valence-corrected chi connectivity index (χ2v) is 8.87. The molecular formula is C14H7F6IO3S. The summed E-state index contributed by atoms with van der Waals surface area (Å²) in [6.07, 6.45) is -4.27. The lowest BCUT2D eigenvalue weighted by Crippen LogP contribution is -3.61. The highest BCUT2D eigenvalue weighted by molar-refractivity contribution is 7.86. The van der Waals surface area contributed by atoms with Gasteiger partial charge in [0.15, 0.2) is 10.1 Å². The zero-order valence-electron chi connectivity index (χ0n) is 11.8. The fraction of sp³-hybridized carbons (Fsp3) is 0.143. The van der Waals surface area contributed by atoms with E-state index in [1.165, 1.54) is 12.1 Å². The Morgan fingerprint density at radius 2 is 1.36 bits per heavy atom. The van der Waals surface area contributed by atoms with Crippen LogP contribution in [0, 0.1) is 7.14 Å². The highest BCUT2D eigenvalue weighted by Gasteiger charge is 2.42. The molecule has 0 aromatic heterocycles. The molecule has 11 heteroatoms. The quantitative estimate of drug-likeness (QED) is 0.201. The SMILES string of the molecule is FC(F)(F)c1cccc2c1-c1ccccc1[I+]2.O=S(=O)([O-])C(F)(F)F. The minimum Gasteiger partial charge on any atom is -0.741 e. The molecule has 1 aliphatic heterocycles. The summed E-state index contributed by atoms with van der Waals surface area (Å²) in [6, 6.07) is 11.9. The summed E-state index contributed by atoms with van der Waals surface area (Å²) in [7, 11) is -6.09. The van der Waals surface area contributed by atoms with Crippen molar-refractivity contribution in [2.75, 3.05) is 0 Å². The first kappa shape index (κ1) is 20.0. The molecule has 0 unspecified atom stereocenters. The van der Waals surface area contributed by atoms with E-state index in [0.717, 1.165) is 12.7 Å². The van der Waals surface area contributed by atoms with Gasteiger partial charge in [-0.2, -0.15) is 26.3 Å². The van der Waals surface area contributed by atoms with Crippen LogP contribution in [0.5, 0.6) is 0 Å². The van der Waals surface area contributed by atoms with Gasteiger partial charge in [0.05, 0.1) is 11.1 Å². The summed E-state index contributed by atoms with van der Waals surface area (Å²) >= 11 is -0.462. The number of benzene rings is 2. The zero-order valence-corrected chi connectivity index (χ0v) is 14.8. The van der Waals surface area contributed by atoms with Gasteiger partial charge in [-0.05, 0) is 24.3 Å². The molecule has 0 aliphatic carbocycles. The highest BCUT2D eigenvalue weighted by Crippen LogP contribution is 2.37. The molecule has 1 heterocycles. The first-order valence-electron chi connectivity index (χ1n) is 6.29. The molecule has 2 aromatic rings. The van der Waals surface area contributed by atoms with Crippen LogP contribution >= 0.6 is 0 Å². The maximum Gasteiger partial charge on any atom is 0.485 e. The number of hydrogen-bond acceptors (Lipinski definition) is 3. The van der Waals surface area contributed by atoms with Crippen molar-refractivity contribution in [1.29, 1.82) is 0 Å². The van der Waals surface area contributed by atoms with Gasteiger partial charge < -0.3 is 4.55 Å². The van der Waals surface area contributed by atoms with Gasteiger partial charge in [0, 0.05) is 5.56 Å². The lowest BCUT2D eigenvalue weighted by molar-refractivity contribution is -0.590. The van der Waals surface area contributed by atoms with Crippen LogP contribution in [0.1, 0.15) is 5.56 Å². The Labute approximate surface area is 148 Å². The lowest BCUT2D eigenvalue weighted by Gasteiger charge is -2.09. The van der Waals surface area contributed by atoms with Crippen molar-refractivity contribution < 1.29 is 60.5 Å². The lowest BCUT2D eigenvalue weighted by atomic mass is 9.99. The normalized spacial score (nSPS) is 13.6. The van der Waals surface area contributed by atoms with Crippen LogP contribution in [0.25, 0.3) is 11.1 Å². The summed E-state index contributed by atoms with van der Waals surface area (Å²) < 4.78 is 99.7. The third kappa shape index (κ3) is 4.44. The first-order valence-corrected chi connectivity index (χ1v) is 9.85. The molecule has 136 valence electrons. The summed E-state index contributed by atoms with van der Waals surface area (Å²) in [5.41, 5.74) is -4.97. The minimum atomic E-state index is -6.09. The van der Waals surface area contributed by atoms with E-state index >= 15 is 0 Å². The highest BCUT2D eigenvalue weighted by atomic mass is 127. The van der Waals surface area contributed by atoms with E-state index in [4.69, 9.17) is 13.0 Å². The van der Waals surface area contributed by atoms with Crippen molar-refractivity contribution >= 4 is 10.1 Å². The Bertz CT molecular complexity index is 890. The van der Waals surface area contributed by atoms with Gasteiger partial charge >= 0.3 is 32.9 Å². The standard InChI is InChI=1S/C13H7F3I.CHF3O3S/c14-13(15,16)9-5-3-7-11-12(9)8-4-1-2-6-10(8)17-11;2-1(3,4)8(5,6)7/h1-7H;(H,5,6,7)/q+1;/p-1. The molecule has 3 rings (SSSR count). The smallest absolute Gasteiger partial charge is 0.485 e. The number of rotatable bonds is 0. The largest absolute Gasteiger partial charge is 0.741 e. The third-order valence-corrected chi connectivity index (χ3v) is 6.52. The second kappa shape index (κ2) is 6.76. The van der Waals surface area contributed by atoms with E-state index in [0.29, 0.717) is 5.56 Å². The Hall–Kier alpha value is -1.34. The van der Waals surface area contributed by atoms with E-state index in [9.17, 15) is 26.3 Å². The monoisotopic (exact) mass is 496 g/mol. The van der Waals surface area contributed by atoms with Crippen LogP contribution in [-0.2, 0) is 16.3 Å². The average Bonchev–Trinajstić information content (AvgIpc) is 2.83. The Kier molecular flexibility index (Phi) is 5.40. The van der Waals surface area contributed by atoms with Crippen molar-refractivity contribution in [1.82, 2.24) is 0 Å². The third-order valence-electron chi connectivity index (χ3n) is 2.95. The van der Waals surface area contributed by atoms with E-state index in [1.807, 2.05) is 18.2 Å². The molecule has 0 saturated heterocycles. The van der Waals surface area contributed by atoms with E-state index in [2.05, 4.69) is 0 Å². The predicted octanol–water partition coefficient (Wildman–Crippen LogP) is 0.866. The van der Waals surface area contributed by atoms with Crippen LogP contribution in [0.3, 0.4) is 0 Å². The summed E-state index contributed by atoms with van der Waals surface area (Å²) in [4.78, 5) is 0. The Balaban J connectivity index is 0.000000242. The molecule has 0 saturated carbocycles. The first-order chi connectivity index (χ1) is 11.3. The molecule has 0 fully saturated rings. The molecular weight excluding hydrogens is 489 g/mol. The molecule has 0 N–H and O–H groups in total. The maximum absolute atomic E-state index is 12.9. The van der Waals surface area contributed by atoms with Crippen molar-refractivity contribution in [3.8, 4) is 11.1 Å². The summed E-state index contributed by atoms with van der Waals surface area (Å²) in [5.74, 6) is 0. The maximum atomic E-state index is 12.9. The van der Waals surface area contributed by atoms with Crippen molar-refractivity contribution in [2.45, 2.75) is 11.7 Å². The fourth-order valence-corrected chi connectivity index (χ4v) is 4.96. The molecule has 2 aromatic carbocycles. The van der Waals surface area contributed by atoms with Gasteiger partial charge in [0.2, 0.25) is 7.14 Å². The van der Waals surface area contributed by atoms with Gasteiger partial charge in [0.25, 0.3) is 0 Å². The van der Waals surface area contributed by atoms with Gasteiger partial charge in [0.1, 0.15) is 0 Å². The summed E-state index contributed by atoms with van der Waals surface area (Å²) in [5, 5.41) is 0. The van der Waals surface area contributed by atoms with Gasteiger partial charge in [-0.1, -0.05) is 18.2 Å². The van der Waals surface area contributed by atoms with E-state index in [1.54, 1.807) is 12.1 Å². The Morgan fingerprint density at radius 3 is 1.88 bits per heavy atom. The van der Waals surface area contributed by atoms with Crippen molar-refractivity contribution in [2.24, 2.45) is 0 Å². The minimum absolute atomic E-state index is 0.406. The molecule has 0 spiro atoms. The van der Waals surface area contributed by atoms with Crippen LogP contribution < -0.4 is 21.2 Å². The Morgan fingerprint density at radius 1 is 0.840 bits per heavy atom. The topological polar surface area (TPSA) is 57.2 Å². The van der Waals surface area contributed by atoms with Crippen molar-refractivity contribution in [3.63, 3.8) is 0 Å². The van der Waals surface area contributed by atoms with Gasteiger partial charge in [-0.25, -0.2) is 8.42 Å². The molecule has 25 heavy (non-hydrogen) atoms. The van der Waals surface area contributed by atoms with Gasteiger partial charge in [-0.15, -0.1) is 0 Å². The second-order valence-electron chi connectivity index (χ2n) is 4.63. The number of alkyl halides is 6. The van der Waals surface area contributed by atoms with E-state index < -0.39 is 48.6 Å². The predicted molar refractivity (Wildman–Crippen MR) is 70.0 cm³/mol. The van der Waals surface area contributed by atoms with Crippen LogP contribution in [0.2, 0.25) is 0 Å². The molecule has 0 atom stereocenters. The number of fused-ring (bicyclic) bond motifs is 3. The van der Waals surface area contributed by atoms with E-state index in [-0.39, 0.29) is 0 Å². The van der Waals surface area contributed by atoms with Gasteiger partial charge in [-0.3, -0.25) is 0 Å². The molecule has 0 bridgehead atoms. The molecule has 1 aliphatic rings. The molecule has 3 nitrogen and oxygen atoms in total. The molecule has 0 amide bonds. The number of halogens is 7. The van der Waals surface area contributed by atoms with Crippen molar-refractivity contribution in [3.05, 3.63) is 55.2 Å². The summed E-state index contributed by atoms with van der Waals surface area (Å²) in [6.45, 7) is 0. The van der Waals surface area contributed by atoms with Crippen LogP contribution in [0.15, 0.2) is 42.5 Å². The zero-order chi connectivity index (χ0) is 19.0. The van der Waals surface area contributed by atoms with Crippen LogP contribution in [-0.4, -0.2) is 18.5 Å². The fourth-order valence-electron chi connectivity index (χ4n) is 1.97. The average molecular weight is 496 g/mol. The van der Waals surface area contributed by atoms with Crippen LogP contribution in [0.4, 0.5) is 26.3 Å². The number of hydrogen-bond donors (Lipinski definition) is 0. The molecule has 0 radical (unpaired) electrons.